The summed E-state index contributed by atoms with van der Waals surface area (Å²) in [6, 6.07) is 1.89. The third-order valence-corrected chi connectivity index (χ3v) is 7.75. The Morgan fingerprint density at radius 3 is 2.64 bits per heavy atom. The molecule has 0 radical (unpaired) electrons. The van der Waals surface area contributed by atoms with Crippen molar-refractivity contribution >= 4 is 27.3 Å². The van der Waals surface area contributed by atoms with Gasteiger partial charge in [0.05, 0.1) is 10.6 Å². The number of amides is 1. The first-order chi connectivity index (χ1) is 10.4. The first-order valence-corrected chi connectivity index (χ1v) is 10.2. The van der Waals surface area contributed by atoms with Crippen molar-refractivity contribution in [1.29, 1.82) is 0 Å². The molecule has 1 amide bonds. The summed E-state index contributed by atoms with van der Waals surface area (Å²) in [5.74, 6) is 0.295. The lowest BCUT2D eigenvalue weighted by atomic mass is 10.1. The number of hydrogen-bond donors (Lipinski definition) is 0. The molecule has 0 spiro atoms. The van der Waals surface area contributed by atoms with Crippen molar-refractivity contribution in [3.63, 3.8) is 0 Å². The summed E-state index contributed by atoms with van der Waals surface area (Å²) in [6.07, 6.45) is 2.42. The molecule has 1 aromatic heterocycles. The van der Waals surface area contributed by atoms with Crippen LogP contribution in [0.4, 0.5) is 0 Å². The molecule has 0 aromatic carbocycles. The highest BCUT2D eigenvalue weighted by molar-refractivity contribution is 7.89. The molecule has 2 aliphatic rings. The van der Waals surface area contributed by atoms with Crippen LogP contribution in [-0.4, -0.2) is 55.0 Å². The molecule has 2 saturated heterocycles. The molecule has 1 aromatic rings. The van der Waals surface area contributed by atoms with Crippen molar-refractivity contribution in [3.05, 3.63) is 21.4 Å². The van der Waals surface area contributed by atoms with Crippen LogP contribution in [0.15, 0.2) is 6.07 Å². The summed E-state index contributed by atoms with van der Waals surface area (Å²) in [5.41, 5.74) is 1.14. The van der Waals surface area contributed by atoms with Crippen molar-refractivity contribution in [3.8, 4) is 0 Å². The van der Waals surface area contributed by atoms with Crippen LogP contribution in [0, 0.1) is 13.8 Å². The zero-order chi connectivity index (χ0) is 15.9. The Hall–Kier alpha value is -0.920. The summed E-state index contributed by atoms with van der Waals surface area (Å²) in [6.45, 7) is 5.88. The first kappa shape index (κ1) is 16.0. The minimum absolute atomic E-state index is 0.0440. The lowest BCUT2D eigenvalue weighted by molar-refractivity contribution is 0.0663. The lowest BCUT2D eigenvalue weighted by Gasteiger charge is -2.36. The molecule has 0 bridgehead atoms. The summed E-state index contributed by atoms with van der Waals surface area (Å²) in [7, 11) is -3.11. The number of thiophene rings is 1. The number of likely N-dealkylation sites (tertiary alicyclic amines) is 1. The number of carbonyl (C=O) groups excluding carboxylic acids is 1. The molecule has 5 nitrogen and oxygen atoms in total. The topological polar surface area (TPSA) is 57.7 Å². The van der Waals surface area contributed by atoms with Gasteiger partial charge in [0.2, 0.25) is 10.0 Å². The van der Waals surface area contributed by atoms with E-state index in [-0.39, 0.29) is 17.7 Å². The van der Waals surface area contributed by atoms with E-state index in [1.54, 1.807) is 4.31 Å². The van der Waals surface area contributed by atoms with Gasteiger partial charge in [-0.1, -0.05) is 0 Å². The fraction of sp³-hybridized carbons (Fsp3) is 0.667. The van der Waals surface area contributed by atoms with E-state index in [4.69, 9.17) is 0 Å². The van der Waals surface area contributed by atoms with Gasteiger partial charge in [-0.25, -0.2) is 8.42 Å². The van der Waals surface area contributed by atoms with Gasteiger partial charge in [-0.2, -0.15) is 4.31 Å². The maximum absolute atomic E-state index is 12.7. The number of hydrogen-bond acceptors (Lipinski definition) is 4. The van der Waals surface area contributed by atoms with E-state index in [1.165, 1.54) is 16.2 Å². The van der Waals surface area contributed by atoms with Gasteiger partial charge in [0.15, 0.2) is 0 Å². The monoisotopic (exact) mass is 342 g/mol. The smallest absolute Gasteiger partial charge is 0.263 e. The molecule has 7 heteroatoms. The van der Waals surface area contributed by atoms with Crippen molar-refractivity contribution < 1.29 is 13.2 Å². The van der Waals surface area contributed by atoms with Crippen LogP contribution in [0.3, 0.4) is 0 Å². The van der Waals surface area contributed by atoms with Gasteiger partial charge < -0.3 is 4.90 Å². The minimum Gasteiger partial charge on any atom is -0.336 e. The largest absolute Gasteiger partial charge is 0.336 e. The van der Waals surface area contributed by atoms with Crippen molar-refractivity contribution in [2.24, 2.45) is 0 Å². The van der Waals surface area contributed by atoms with Crippen molar-refractivity contribution in [1.82, 2.24) is 9.21 Å². The average molecular weight is 342 g/mol. The van der Waals surface area contributed by atoms with E-state index in [0.717, 1.165) is 29.8 Å². The maximum atomic E-state index is 12.7. The van der Waals surface area contributed by atoms with Gasteiger partial charge >= 0.3 is 0 Å². The lowest BCUT2D eigenvalue weighted by Crippen LogP contribution is -2.50. The molecule has 0 N–H and O–H groups in total. The fourth-order valence-corrected chi connectivity index (χ4v) is 6.04. The van der Waals surface area contributed by atoms with Crippen LogP contribution in [-0.2, 0) is 10.0 Å². The quantitative estimate of drug-likeness (QED) is 0.826. The molecular formula is C15H22N2O3S2. The van der Waals surface area contributed by atoms with E-state index in [0.29, 0.717) is 19.5 Å². The molecule has 3 heterocycles. The Morgan fingerprint density at radius 1 is 1.27 bits per heavy atom. The van der Waals surface area contributed by atoms with E-state index in [2.05, 4.69) is 0 Å². The van der Waals surface area contributed by atoms with Crippen LogP contribution in [0.25, 0.3) is 0 Å². The van der Waals surface area contributed by atoms with Gasteiger partial charge in [-0.15, -0.1) is 11.3 Å². The third kappa shape index (κ3) is 2.94. The Labute approximate surface area is 136 Å². The predicted molar refractivity (Wildman–Crippen MR) is 87.8 cm³/mol. The Kier molecular flexibility index (Phi) is 4.31. The predicted octanol–water partition coefficient (Wildman–Crippen LogP) is 2.01. The number of carbonyl (C=O) groups is 1. The summed E-state index contributed by atoms with van der Waals surface area (Å²) >= 11 is 1.53. The Morgan fingerprint density at radius 2 is 2.05 bits per heavy atom. The molecule has 22 heavy (non-hydrogen) atoms. The van der Waals surface area contributed by atoms with Gasteiger partial charge in [0, 0.05) is 30.6 Å². The number of rotatable bonds is 2. The maximum Gasteiger partial charge on any atom is 0.263 e. The summed E-state index contributed by atoms with van der Waals surface area (Å²) < 4.78 is 25.8. The molecule has 2 aliphatic heterocycles. The van der Waals surface area contributed by atoms with Crippen LogP contribution in [0.2, 0.25) is 0 Å². The van der Waals surface area contributed by atoms with Gasteiger partial charge in [0.1, 0.15) is 0 Å². The normalized spacial score (nSPS) is 25.5. The molecule has 2 fully saturated rings. The molecule has 1 unspecified atom stereocenters. The molecule has 3 rings (SSSR count). The average Bonchev–Trinajstić information content (AvgIpc) is 3.00. The Balaban J connectivity index is 1.74. The fourth-order valence-electron chi connectivity index (χ4n) is 3.28. The summed E-state index contributed by atoms with van der Waals surface area (Å²) in [4.78, 5) is 16.4. The van der Waals surface area contributed by atoms with Crippen LogP contribution in [0.5, 0.6) is 0 Å². The highest BCUT2D eigenvalue weighted by Gasteiger charge is 2.37. The van der Waals surface area contributed by atoms with Gasteiger partial charge in [-0.3, -0.25) is 4.79 Å². The van der Waals surface area contributed by atoms with E-state index in [9.17, 15) is 13.2 Å². The molecule has 0 saturated carbocycles. The van der Waals surface area contributed by atoms with Crippen molar-refractivity contribution in [2.75, 3.05) is 25.4 Å². The van der Waals surface area contributed by atoms with Gasteiger partial charge in [-0.05, 0) is 44.7 Å². The number of piperidine rings is 1. The molecule has 0 aliphatic carbocycles. The Bertz CT molecular complexity index is 661. The van der Waals surface area contributed by atoms with Gasteiger partial charge in [0.25, 0.3) is 5.91 Å². The molecule has 122 valence electrons. The van der Waals surface area contributed by atoms with E-state index < -0.39 is 10.0 Å². The second kappa shape index (κ2) is 5.94. The van der Waals surface area contributed by atoms with Crippen LogP contribution in [0.1, 0.15) is 39.4 Å². The van der Waals surface area contributed by atoms with Crippen molar-refractivity contribution in [2.45, 2.75) is 39.2 Å². The second-order valence-corrected chi connectivity index (χ2v) is 9.47. The van der Waals surface area contributed by atoms with Crippen LogP contribution < -0.4 is 0 Å². The zero-order valence-corrected chi connectivity index (χ0v) is 14.7. The molecular weight excluding hydrogens is 320 g/mol. The van der Waals surface area contributed by atoms with E-state index >= 15 is 0 Å². The van der Waals surface area contributed by atoms with E-state index in [1.807, 2.05) is 24.8 Å². The number of sulfonamides is 1. The second-order valence-electron chi connectivity index (χ2n) is 6.18. The molecule has 1 atom stereocenters. The number of aryl methyl sites for hydroxylation is 2. The van der Waals surface area contributed by atoms with Crippen LogP contribution >= 0.6 is 11.3 Å². The summed E-state index contributed by atoms with van der Waals surface area (Å²) in [5, 5.41) is 0. The zero-order valence-electron chi connectivity index (χ0n) is 13.0. The SMILES string of the molecule is Cc1cc(C(=O)N2CCCC(N3CCCS3(=O)=O)C2)sc1C. The highest BCUT2D eigenvalue weighted by Crippen LogP contribution is 2.27. The first-order valence-electron chi connectivity index (χ1n) is 7.74. The standard InChI is InChI=1S/C15H22N2O3S2/c1-11-9-14(21-12(11)2)15(18)16-6-3-5-13(10-16)17-7-4-8-22(17,19)20/h9,13H,3-8,10H2,1-2H3. The number of nitrogens with zero attached hydrogens (tertiary/aromatic N) is 2. The highest BCUT2D eigenvalue weighted by atomic mass is 32.2. The minimum atomic E-state index is -3.11. The third-order valence-electron chi connectivity index (χ3n) is 4.61.